The van der Waals surface area contributed by atoms with Gasteiger partial charge in [0.05, 0.1) is 0 Å². The molecule has 0 bridgehead atoms. The van der Waals surface area contributed by atoms with E-state index in [-0.39, 0.29) is 0 Å². The van der Waals surface area contributed by atoms with Crippen LogP contribution in [0.4, 0.5) is 0 Å². The zero-order valence-corrected chi connectivity index (χ0v) is 46.7. The van der Waals surface area contributed by atoms with Crippen LogP contribution in [0.25, 0.3) is 117 Å². The molecular weight excluding hydrogens is 1010 g/mol. The second-order valence-corrected chi connectivity index (χ2v) is 21.9. The first-order valence-corrected chi connectivity index (χ1v) is 29.2. The van der Waals surface area contributed by atoms with Crippen LogP contribution in [-0.2, 0) is 5.41 Å². The number of hydrogen-bond acceptors (Lipinski definition) is 0. The monoisotopic (exact) mass is 1070 g/mol. The average Bonchev–Trinajstić information content (AvgIpc) is 1.90. The Hall–Kier alpha value is -10.7. The highest BCUT2D eigenvalue weighted by molar-refractivity contribution is 5.99. The lowest BCUT2D eigenvalue weighted by Gasteiger charge is -2.38. The molecule has 14 rings (SSSR count). The van der Waals surface area contributed by atoms with Crippen LogP contribution < -0.4 is 0 Å². The predicted molar refractivity (Wildman–Crippen MR) is 356 cm³/mol. The van der Waals surface area contributed by atoms with E-state index in [2.05, 4.69) is 352 Å². The van der Waals surface area contributed by atoms with Gasteiger partial charge >= 0.3 is 0 Å². The highest BCUT2D eigenvalue weighted by Gasteiger charge is 2.38. The lowest BCUT2D eigenvalue weighted by atomic mass is 9.64. The van der Waals surface area contributed by atoms with Gasteiger partial charge in [-0.3, -0.25) is 0 Å². The summed E-state index contributed by atoms with van der Waals surface area (Å²) in [4.78, 5) is 0. The molecular formula is C84H60. The summed E-state index contributed by atoms with van der Waals surface area (Å²) in [6.07, 6.45) is 8.14. The summed E-state index contributed by atoms with van der Waals surface area (Å²) < 4.78 is 0. The summed E-state index contributed by atoms with van der Waals surface area (Å²) in [5, 5.41) is 0. The second-order valence-electron chi connectivity index (χ2n) is 21.9. The van der Waals surface area contributed by atoms with E-state index in [0.29, 0.717) is 0 Å². The van der Waals surface area contributed by atoms with Crippen LogP contribution in [0.5, 0.6) is 0 Å². The van der Waals surface area contributed by atoms with Gasteiger partial charge in [0.1, 0.15) is 0 Å². The van der Waals surface area contributed by atoms with Crippen molar-refractivity contribution in [1.82, 2.24) is 0 Å². The Morgan fingerprint density at radius 1 is 0.202 bits per heavy atom. The Balaban J connectivity index is 0.996. The average molecular weight is 1070 g/mol. The summed E-state index contributed by atoms with van der Waals surface area (Å²) in [5.41, 5.74) is 28.1. The molecule has 1 aliphatic rings. The first kappa shape index (κ1) is 51.5. The minimum absolute atomic E-state index is 0.615. The van der Waals surface area contributed by atoms with Crippen molar-refractivity contribution < 1.29 is 0 Å². The first-order valence-electron chi connectivity index (χ1n) is 29.2. The number of benzene rings is 13. The smallest absolute Gasteiger partial charge is 0.0432 e. The molecule has 13 aromatic rings. The van der Waals surface area contributed by atoms with Crippen LogP contribution in [0.3, 0.4) is 0 Å². The van der Waals surface area contributed by atoms with E-state index in [9.17, 15) is 0 Å². The van der Waals surface area contributed by atoms with Gasteiger partial charge in [-0.15, -0.1) is 0 Å². The van der Waals surface area contributed by atoms with E-state index >= 15 is 0 Å². The number of rotatable bonds is 13. The molecule has 0 saturated heterocycles. The minimum Gasteiger partial charge on any atom is -0.0751 e. The molecule has 0 aliphatic heterocycles. The van der Waals surface area contributed by atoms with Crippen molar-refractivity contribution in [2.24, 2.45) is 0 Å². The molecule has 1 unspecified atom stereocenters. The quantitative estimate of drug-likeness (QED) is 0.108. The van der Waals surface area contributed by atoms with Gasteiger partial charge in [0, 0.05) is 5.41 Å². The Morgan fingerprint density at radius 3 is 0.976 bits per heavy atom. The molecule has 0 saturated carbocycles. The summed E-state index contributed by atoms with van der Waals surface area (Å²) in [5.74, 6) is 0. The molecule has 0 fully saturated rings. The lowest BCUT2D eigenvalue weighted by molar-refractivity contribution is 0.653. The number of hydrogen-bond donors (Lipinski definition) is 0. The Labute approximate surface area is 494 Å². The molecule has 13 aromatic carbocycles. The SMILES string of the molecule is C1=CC(c2ccccc2-c2ccccc2)(c2ccc(-c3ccc(-c4ccccc4)cc3)c(-c3cccc(-c4ccc(-c5ccccc5)cc4)c3)c2-c2ccc(-c3ccc(-c4ccccc4)cc3)cc2)CC=C1c1ccc(-c2ccccc2)cc1. The Morgan fingerprint density at radius 2 is 0.536 bits per heavy atom. The van der Waals surface area contributed by atoms with Gasteiger partial charge in [-0.25, -0.2) is 0 Å². The molecule has 84 heavy (non-hydrogen) atoms. The molecule has 0 N–H and O–H groups in total. The largest absolute Gasteiger partial charge is 0.0751 e. The summed E-state index contributed by atoms with van der Waals surface area (Å²) >= 11 is 0. The van der Waals surface area contributed by atoms with Crippen molar-refractivity contribution in [2.75, 3.05) is 0 Å². The topological polar surface area (TPSA) is 0 Å². The molecule has 0 nitrogen and oxygen atoms in total. The third kappa shape index (κ3) is 10.3. The summed E-state index contributed by atoms with van der Waals surface area (Å²) in [6.45, 7) is 0. The van der Waals surface area contributed by atoms with E-state index in [1.54, 1.807) is 0 Å². The highest BCUT2D eigenvalue weighted by atomic mass is 14.4. The van der Waals surface area contributed by atoms with Crippen LogP contribution in [0.2, 0.25) is 0 Å². The van der Waals surface area contributed by atoms with Crippen molar-refractivity contribution in [1.29, 1.82) is 0 Å². The van der Waals surface area contributed by atoms with Gasteiger partial charge in [0.25, 0.3) is 0 Å². The molecule has 1 aliphatic carbocycles. The fourth-order valence-corrected chi connectivity index (χ4v) is 12.6. The molecule has 0 spiro atoms. The molecule has 0 heterocycles. The van der Waals surface area contributed by atoms with Crippen LogP contribution in [0, 0.1) is 0 Å². The third-order valence-corrected chi connectivity index (χ3v) is 17.0. The van der Waals surface area contributed by atoms with E-state index in [0.717, 1.165) is 28.7 Å². The number of allylic oxidation sites excluding steroid dienone is 4. The zero-order valence-electron chi connectivity index (χ0n) is 46.7. The third-order valence-electron chi connectivity index (χ3n) is 17.0. The molecule has 0 radical (unpaired) electrons. The second kappa shape index (κ2) is 23.1. The Bertz CT molecular complexity index is 4440. The van der Waals surface area contributed by atoms with E-state index < -0.39 is 5.41 Å². The van der Waals surface area contributed by atoms with Gasteiger partial charge in [0.2, 0.25) is 0 Å². The van der Waals surface area contributed by atoms with Gasteiger partial charge in [-0.1, -0.05) is 346 Å². The fourth-order valence-electron chi connectivity index (χ4n) is 12.6. The van der Waals surface area contributed by atoms with Gasteiger partial charge in [-0.05, 0) is 146 Å². The standard InChI is InChI=1S/C84H60/c1-6-19-60(20-7-1)64-33-37-68(38-34-64)69-47-51-75(52-48-69)83-81(84(80-32-17-16-31-78(80)73-27-14-5-15-28-73)57-55-72(56-58-84)70-39-35-65(36-40-70)61-21-8-2-9-22-61)54-53-79(74-49-45-67(46-50-74)63-25-12-4-13-26-63)82(83)77-30-18-29-76(59-77)71-43-41-66(42-44-71)62-23-10-3-11-24-62/h1-57,59H,58H2. The summed E-state index contributed by atoms with van der Waals surface area (Å²) in [6, 6.07) is 123. The lowest BCUT2D eigenvalue weighted by Crippen LogP contribution is -2.28. The van der Waals surface area contributed by atoms with E-state index in [1.165, 1.54) is 111 Å². The maximum absolute atomic E-state index is 2.53. The van der Waals surface area contributed by atoms with Crippen molar-refractivity contribution in [3.63, 3.8) is 0 Å². The first-order chi connectivity index (χ1) is 41.6. The molecule has 396 valence electrons. The van der Waals surface area contributed by atoms with Crippen molar-refractivity contribution >= 4 is 5.57 Å². The van der Waals surface area contributed by atoms with Crippen molar-refractivity contribution in [2.45, 2.75) is 11.8 Å². The maximum atomic E-state index is 2.53. The van der Waals surface area contributed by atoms with Crippen LogP contribution in [-0.4, -0.2) is 0 Å². The normalized spacial score (nSPS) is 13.7. The van der Waals surface area contributed by atoms with E-state index in [4.69, 9.17) is 0 Å². The van der Waals surface area contributed by atoms with Gasteiger partial charge in [-0.2, -0.15) is 0 Å². The highest BCUT2D eigenvalue weighted by Crippen LogP contribution is 2.53. The zero-order chi connectivity index (χ0) is 56.1. The van der Waals surface area contributed by atoms with Crippen LogP contribution in [0.15, 0.2) is 352 Å². The summed E-state index contributed by atoms with van der Waals surface area (Å²) in [7, 11) is 0. The van der Waals surface area contributed by atoms with Gasteiger partial charge < -0.3 is 0 Å². The van der Waals surface area contributed by atoms with Crippen molar-refractivity contribution in [3.8, 4) is 111 Å². The predicted octanol–water partition coefficient (Wildman–Crippen LogP) is 22.7. The molecule has 0 heteroatoms. The van der Waals surface area contributed by atoms with Crippen LogP contribution >= 0.6 is 0 Å². The Kier molecular flexibility index (Phi) is 14.1. The van der Waals surface area contributed by atoms with Gasteiger partial charge in [0.15, 0.2) is 0 Å². The van der Waals surface area contributed by atoms with E-state index in [1.807, 2.05) is 0 Å². The molecule has 1 atom stereocenters. The molecule has 0 amide bonds. The van der Waals surface area contributed by atoms with Crippen LogP contribution in [0.1, 0.15) is 23.1 Å². The fraction of sp³-hybridized carbons (Fsp3) is 0.0238. The molecule has 0 aromatic heterocycles. The maximum Gasteiger partial charge on any atom is 0.0432 e. The minimum atomic E-state index is -0.615. The van der Waals surface area contributed by atoms with Crippen molar-refractivity contribution in [3.05, 3.63) is 369 Å².